The van der Waals surface area contributed by atoms with E-state index in [1.807, 2.05) is 6.92 Å². The molecule has 17 heavy (non-hydrogen) atoms. The summed E-state index contributed by atoms with van der Waals surface area (Å²) in [6.45, 7) is 2.32. The summed E-state index contributed by atoms with van der Waals surface area (Å²) in [7, 11) is 0. The highest BCUT2D eigenvalue weighted by Gasteiger charge is 2.32. The molecule has 1 aromatic carbocycles. The molecule has 0 fully saturated rings. The van der Waals surface area contributed by atoms with Gasteiger partial charge in [0.15, 0.2) is 5.96 Å². The number of aliphatic imine (C=N–C) groups is 1. The van der Waals surface area contributed by atoms with Crippen LogP contribution in [0.1, 0.15) is 18.1 Å². The van der Waals surface area contributed by atoms with Crippen molar-refractivity contribution in [1.29, 1.82) is 0 Å². The van der Waals surface area contributed by atoms with Crippen LogP contribution in [-0.4, -0.2) is 12.5 Å². The van der Waals surface area contributed by atoms with E-state index in [1.165, 1.54) is 12.1 Å². The third kappa shape index (κ3) is 3.97. The van der Waals surface area contributed by atoms with E-state index in [1.54, 1.807) is 6.07 Å². The lowest BCUT2D eigenvalue weighted by molar-refractivity contribution is -0.138. The van der Waals surface area contributed by atoms with Crippen LogP contribution in [0.4, 0.5) is 13.2 Å². The van der Waals surface area contributed by atoms with Crippen LogP contribution in [0.5, 0.6) is 0 Å². The van der Waals surface area contributed by atoms with Crippen LogP contribution in [-0.2, 0) is 12.7 Å². The van der Waals surface area contributed by atoms with Crippen molar-refractivity contribution in [3.8, 4) is 0 Å². The second-order valence-corrected chi connectivity index (χ2v) is 3.39. The molecule has 0 spiro atoms. The minimum atomic E-state index is -4.36. The van der Waals surface area contributed by atoms with E-state index in [0.717, 1.165) is 6.07 Å². The average Bonchev–Trinajstić information content (AvgIpc) is 2.26. The van der Waals surface area contributed by atoms with Gasteiger partial charge in [-0.25, -0.2) is 4.99 Å². The lowest BCUT2D eigenvalue weighted by atomic mass is 10.1. The summed E-state index contributed by atoms with van der Waals surface area (Å²) in [5.41, 5.74) is 4.89. The van der Waals surface area contributed by atoms with Crippen LogP contribution in [0.25, 0.3) is 0 Å². The number of nitrogens with one attached hydrogen (secondary N) is 1. The van der Waals surface area contributed by atoms with Gasteiger partial charge in [-0.3, -0.25) is 0 Å². The van der Waals surface area contributed by atoms with Crippen LogP contribution in [0.3, 0.4) is 0 Å². The van der Waals surface area contributed by atoms with Gasteiger partial charge >= 0.3 is 6.18 Å². The summed E-state index contributed by atoms with van der Waals surface area (Å²) >= 11 is 0. The van der Waals surface area contributed by atoms with Crippen molar-refractivity contribution in [2.24, 2.45) is 10.7 Å². The number of nitrogens with two attached hydrogens (primary N) is 1. The van der Waals surface area contributed by atoms with Crippen molar-refractivity contribution in [3.05, 3.63) is 35.4 Å². The highest BCUT2D eigenvalue weighted by Crippen LogP contribution is 2.31. The van der Waals surface area contributed by atoms with Crippen molar-refractivity contribution in [3.63, 3.8) is 0 Å². The molecule has 94 valence electrons. The Morgan fingerprint density at radius 2 is 2.00 bits per heavy atom. The van der Waals surface area contributed by atoms with Crippen molar-refractivity contribution in [2.75, 3.05) is 6.54 Å². The number of nitrogens with zero attached hydrogens (tertiary/aromatic N) is 1. The Morgan fingerprint density at radius 1 is 1.35 bits per heavy atom. The van der Waals surface area contributed by atoms with Gasteiger partial charge in [0.2, 0.25) is 0 Å². The molecule has 1 aromatic rings. The maximum Gasteiger partial charge on any atom is 0.416 e. The lowest BCUT2D eigenvalue weighted by Crippen LogP contribution is -2.31. The Morgan fingerprint density at radius 3 is 2.59 bits per heavy atom. The topological polar surface area (TPSA) is 50.4 Å². The second kappa shape index (κ2) is 5.56. The minimum absolute atomic E-state index is 0.0888. The maximum absolute atomic E-state index is 12.6. The number of guanidine groups is 1. The fraction of sp³-hybridized carbons (Fsp3) is 0.364. The second-order valence-electron chi connectivity index (χ2n) is 3.39. The first-order chi connectivity index (χ1) is 7.95. The minimum Gasteiger partial charge on any atom is -0.370 e. The molecule has 0 atom stereocenters. The van der Waals surface area contributed by atoms with Gasteiger partial charge in [-0.05, 0) is 18.6 Å². The molecule has 0 radical (unpaired) electrons. The van der Waals surface area contributed by atoms with Crippen LogP contribution in [0, 0.1) is 0 Å². The molecule has 0 saturated heterocycles. The number of alkyl halides is 3. The van der Waals surface area contributed by atoms with E-state index >= 15 is 0 Å². The van der Waals surface area contributed by atoms with E-state index in [9.17, 15) is 13.2 Å². The summed E-state index contributed by atoms with van der Waals surface area (Å²) in [6, 6.07) is 5.33. The van der Waals surface area contributed by atoms with Crippen molar-refractivity contribution in [1.82, 2.24) is 5.32 Å². The largest absolute Gasteiger partial charge is 0.416 e. The maximum atomic E-state index is 12.6. The lowest BCUT2D eigenvalue weighted by Gasteiger charge is -2.11. The molecule has 3 nitrogen and oxygen atoms in total. The van der Waals surface area contributed by atoms with E-state index < -0.39 is 11.7 Å². The zero-order chi connectivity index (χ0) is 12.9. The molecule has 0 aliphatic heterocycles. The first-order valence-corrected chi connectivity index (χ1v) is 5.14. The van der Waals surface area contributed by atoms with Gasteiger partial charge in [0.05, 0.1) is 12.1 Å². The third-order valence-electron chi connectivity index (χ3n) is 2.10. The zero-order valence-electron chi connectivity index (χ0n) is 9.38. The van der Waals surface area contributed by atoms with Crippen molar-refractivity contribution < 1.29 is 13.2 Å². The standard InChI is InChI=1S/C11H14F3N3/c1-2-16-10(15)17-7-8-5-3-4-6-9(8)11(12,13)14/h3-6H,2,7H2,1H3,(H3,15,16,17). The highest BCUT2D eigenvalue weighted by atomic mass is 19.4. The van der Waals surface area contributed by atoms with Crippen LogP contribution < -0.4 is 11.1 Å². The molecule has 0 saturated carbocycles. The van der Waals surface area contributed by atoms with Gasteiger partial charge < -0.3 is 11.1 Å². The fourth-order valence-electron chi connectivity index (χ4n) is 1.34. The van der Waals surface area contributed by atoms with Crippen LogP contribution in [0.15, 0.2) is 29.3 Å². The quantitative estimate of drug-likeness (QED) is 0.633. The molecule has 0 unspecified atom stereocenters. The number of benzene rings is 1. The first kappa shape index (κ1) is 13.3. The number of rotatable bonds is 3. The molecule has 0 amide bonds. The predicted octanol–water partition coefficient (Wildman–Crippen LogP) is 2.13. The molecule has 3 N–H and O–H groups in total. The van der Waals surface area contributed by atoms with Gasteiger partial charge in [-0.1, -0.05) is 18.2 Å². The number of hydrogen-bond acceptors (Lipinski definition) is 1. The fourth-order valence-corrected chi connectivity index (χ4v) is 1.34. The zero-order valence-corrected chi connectivity index (χ0v) is 9.38. The van der Waals surface area contributed by atoms with E-state index in [0.29, 0.717) is 6.54 Å². The number of halogens is 3. The molecule has 0 heterocycles. The molecule has 0 aromatic heterocycles. The molecule has 1 rings (SSSR count). The first-order valence-electron chi connectivity index (χ1n) is 5.14. The highest BCUT2D eigenvalue weighted by molar-refractivity contribution is 5.77. The Bertz CT molecular complexity index is 399. The SMILES string of the molecule is CCNC(N)=NCc1ccccc1C(F)(F)F. The summed E-state index contributed by atoms with van der Waals surface area (Å²) in [4.78, 5) is 3.84. The van der Waals surface area contributed by atoms with E-state index in [2.05, 4.69) is 10.3 Å². The molecule has 0 bridgehead atoms. The Kier molecular flexibility index (Phi) is 4.37. The molecule has 0 aliphatic rings. The monoisotopic (exact) mass is 245 g/mol. The normalized spacial score (nSPS) is 12.6. The van der Waals surface area contributed by atoms with Crippen molar-refractivity contribution >= 4 is 5.96 Å². The Hall–Kier alpha value is -1.72. The summed E-state index contributed by atoms with van der Waals surface area (Å²) in [6.07, 6.45) is -4.36. The van der Waals surface area contributed by atoms with Gasteiger partial charge in [-0.2, -0.15) is 13.2 Å². The van der Waals surface area contributed by atoms with Crippen molar-refractivity contribution in [2.45, 2.75) is 19.6 Å². The average molecular weight is 245 g/mol. The number of hydrogen-bond donors (Lipinski definition) is 2. The van der Waals surface area contributed by atoms with Crippen LogP contribution >= 0.6 is 0 Å². The molecular formula is C11H14F3N3. The van der Waals surface area contributed by atoms with Gasteiger partial charge in [0.1, 0.15) is 0 Å². The predicted molar refractivity (Wildman–Crippen MR) is 60.4 cm³/mol. The van der Waals surface area contributed by atoms with Gasteiger partial charge in [-0.15, -0.1) is 0 Å². The molecule has 0 aliphatic carbocycles. The Balaban J connectivity index is 2.88. The Labute approximate surface area is 97.5 Å². The van der Waals surface area contributed by atoms with Gasteiger partial charge in [0, 0.05) is 6.54 Å². The third-order valence-corrected chi connectivity index (χ3v) is 2.10. The van der Waals surface area contributed by atoms with E-state index in [4.69, 9.17) is 5.73 Å². The summed E-state index contributed by atoms with van der Waals surface area (Å²) < 4.78 is 37.9. The summed E-state index contributed by atoms with van der Waals surface area (Å²) in [5, 5.41) is 2.72. The summed E-state index contributed by atoms with van der Waals surface area (Å²) in [5.74, 6) is 0.143. The molecular weight excluding hydrogens is 231 g/mol. The molecule has 6 heteroatoms. The van der Waals surface area contributed by atoms with Crippen LogP contribution in [0.2, 0.25) is 0 Å². The van der Waals surface area contributed by atoms with E-state index in [-0.39, 0.29) is 18.1 Å². The van der Waals surface area contributed by atoms with Gasteiger partial charge in [0.25, 0.3) is 0 Å². The smallest absolute Gasteiger partial charge is 0.370 e.